The highest BCUT2D eigenvalue weighted by atomic mass is 16.6. The van der Waals surface area contributed by atoms with Crippen molar-refractivity contribution in [2.75, 3.05) is 26.2 Å². The number of hydrogen-bond acceptors (Lipinski definition) is 3. The topological polar surface area (TPSA) is 41.6 Å². The molecule has 100 valence electrons. The molecule has 0 aromatic carbocycles. The van der Waals surface area contributed by atoms with Crippen LogP contribution in [-0.4, -0.2) is 43.3 Å². The van der Waals surface area contributed by atoms with Gasteiger partial charge in [-0.25, -0.2) is 4.79 Å². The van der Waals surface area contributed by atoms with Gasteiger partial charge in [0.25, 0.3) is 0 Å². The summed E-state index contributed by atoms with van der Waals surface area (Å²) in [7, 11) is 0. The second-order valence-corrected chi connectivity index (χ2v) is 5.70. The maximum Gasteiger partial charge on any atom is 0.409 e. The molecule has 0 spiro atoms. The Balaban J connectivity index is 2.35. The van der Waals surface area contributed by atoms with Gasteiger partial charge in [-0.05, 0) is 18.3 Å². The first kappa shape index (κ1) is 14.3. The number of rotatable bonds is 4. The molecule has 1 heterocycles. The minimum Gasteiger partial charge on any atom is -0.449 e. The highest BCUT2D eigenvalue weighted by molar-refractivity contribution is 5.67. The Morgan fingerprint density at radius 1 is 1.35 bits per heavy atom. The van der Waals surface area contributed by atoms with Gasteiger partial charge in [-0.1, -0.05) is 27.7 Å². The maximum atomic E-state index is 11.8. The first-order valence-corrected chi connectivity index (χ1v) is 6.64. The Morgan fingerprint density at radius 2 is 2.06 bits per heavy atom. The quantitative estimate of drug-likeness (QED) is 0.821. The molecule has 4 heteroatoms. The van der Waals surface area contributed by atoms with E-state index in [2.05, 4.69) is 19.2 Å². The third kappa shape index (κ3) is 5.39. The predicted molar refractivity (Wildman–Crippen MR) is 69.0 cm³/mol. The van der Waals surface area contributed by atoms with Crippen LogP contribution in [0.3, 0.4) is 0 Å². The monoisotopic (exact) mass is 242 g/mol. The fourth-order valence-corrected chi connectivity index (χ4v) is 2.05. The van der Waals surface area contributed by atoms with Crippen LogP contribution >= 0.6 is 0 Å². The Labute approximate surface area is 105 Å². The zero-order valence-corrected chi connectivity index (χ0v) is 11.5. The molecule has 0 radical (unpaired) electrons. The number of ether oxygens (including phenoxy) is 1. The normalized spacial score (nSPS) is 21.1. The van der Waals surface area contributed by atoms with Crippen molar-refractivity contribution in [3.63, 3.8) is 0 Å². The summed E-state index contributed by atoms with van der Waals surface area (Å²) in [6, 6.07) is 0.412. The van der Waals surface area contributed by atoms with Gasteiger partial charge in [0, 0.05) is 25.7 Å². The zero-order valence-electron chi connectivity index (χ0n) is 11.5. The molecule has 1 aliphatic heterocycles. The molecular formula is C13H26N2O2. The van der Waals surface area contributed by atoms with E-state index >= 15 is 0 Å². The van der Waals surface area contributed by atoms with Crippen molar-refractivity contribution in [2.24, 2.45) is 11.8 Å². The van der Waals surface area contributed by atoms with Crippen LogP contribution in [0.1, 0.15) is 34.1 Å². The smallest absolute Gasteiger partial charge is 0.409 e. The molecule has 1 amide bonds. The van der Waals surface area contributed by atoms with E-state index in [1.54, 1.807) is 0 Å². The van der Waals surface area contributed by atoms with Crippen LogP contribution in [0.15, 0.2) is 0 Å². The lowest BCUT2D eigenvalue weighted by Gasteiger charge is -2.34. The molecule has 4 nitrogen and oxygen atoms in total. The van der Waals surface area contributed by atoms with E-state index in [0.717, 1.165) is 26.1 Å². The van der Waals surface area contributed by atoms with Crippen LogP contribution in [0.5, 0.6) is 0 Å². The van der Waals surface area contributed by atoms with Crippen LogP contribution in [0.25, 0.3) is 0 Å². The van der Waals surface area contributed by atoms with E-state index in [0.29, 0.717) is 24.5 Å². The number of piperazine rings is 1. The summed E-state index contributed by atoms with van der Waals surface area (Å²) in [5, 5.41) is 3.45. The number of hydrogen-bond donors (Lipinski definition) is 1. The fourth-order valence-electron chi connectivity index (χ4n) is 2.05. The molecule has 1 aliphatic rings. The van der Waals surface area contributed by atoms with Crippen LogP contribution in [0.4, 0.5) is 4.79 Å². The number of carbonyl (C=O) groups is 1. The SMILES string of the molecule is CC(C)COC(=O)N1CCNC(CC(C)C)C1. The van der Waals surface area contributed by atoms with E-state index < -0.39 is 0 Å². The van der Waals surface area contributed by atoms with Crippen LogP contribution in [-0.2, 0) is 4.74 Å². The number of nitrogens with one attached hydrogen (secondary N) is 1. The van der Waals surface area contributed by atoms with Gasteiger partial charge in [0.2, 0.25) is 0 Å². The van der Waals surface area contributed by atoms with E-state index in [1.807, 2.05) is 18.7 Å². The van der Waals surface area contributed by atoms with Crippen molar-refractivity contribution in [1.29, 1.82) is 0 Å². The standard InChI is InChI=1S/C13H26N2O2/c1-10(2)7-12-8-15(6-5-14-12)13(16)17-9-11(3)4/h10-12,14H,5-9H2,1-4H3. The lowest BCUT2D eigenvalue weighted by Crippen LogP contribution is -2.53. The average Bonchev–Trinajstić information content (AvgIpc) is 2.25. The minimum absolute atomic E-state index is 0.158. The van der Waals surface area contributed by atoms with Crippen molar-refractivity contribution < 1.29 is 9.53 Å². The zero-order chi connectivity index (χ0) is 12.8. The molecule has 0 aliphatic carbocycles. The van der Waals surface area contributed by atoms with Crippen molar-refractivity contribution >= 4 is 6.09 Å². The number of carbonyl (C=O) groups excluding carboxylic acids is 1. The molecule has 17 heavy (non-hydrogen) atoms. The highest BCUT2D eigenvalue weighted by Crippen LogP contribution is 2.10. The van der Waals surface area contributed by atoms with E-state index in [-0.39, 0.29) is 6.09 Å². The van der Waals surface area contributed by atoms with Crippen LogP contribution in [0.2, 0.25) is 0 Å². The average molecular weight is 242 g/mol. The first-order valence-electron chi connectivity index (χ1n) is 6.64. The molecule has 0 bridgehead atoms. The largest absolute Gasteiger partial charge is 0.449 e. The molecule has 1 N–H and O–H groups in total. The Morgan fingerprint density at radius 3 is 2.65 bits per heavy atom. The second-order valence-electron chi connectivity index (χ2n) is 5.70. The lowest BCUT2D eigenvalue weighted by atomic mass is 10.0. The molecule has 1 rings (SSSR count). The summed E-state index contributed by atoms with van der Waals surface area (Å²) in [5.41, 5.74) is 0. The highest BCUT2D eigenvalue weighted by Gasteiger charge is 2.24. The Kier molecular flexibility index (Phi) is 5.75. The molecule has 0 aromatic heterocycles. The molecule has 1 fully saturated rings. The van der Waals surface area contributed by atoms with Gasteiger partial charge in [-0.3, -0.25) is 0 Å². The maximum absolute atomic E-state index is 11.8. The first-order chi connectivity index (χ1) is 7.99. The number of nitrogens with zero attached hydrogens (tertiary/aromatic N) is 1. The number of amides is 1. The third-order valence-corrected chi connectivity index (χ3v) is 2.81. The fraction of sp³-hybridized carbons (Fsp3) is 0.923. The van der Waals surface area contributed by atoms with Gasteiger partial charge >= 0.3 is 6.09 Å². The molecule has 0 saturated carbocycles. The van der Waals surface area contributed by atoms with E-state index in [1.165, 1.54) is 0 Å². The van der Waals surface area contributed by atoms with Gasteiger partial charge in [0.15, 0.2) is 0 Å². The molecule has 0 aromatic rings. The summed E-state index contributed by atoms with van der Waals surface area (Å²) < 4.78 is 5.26. The summed E-state index contributed by atoms with van der Waals surface area (Å²) in [5.74, 6) is 1.05. The summed E-state index contributed by atoms with van der Waals surface area (Å²) in [6.07, 6.45) is 0.947. The summed E-state index contributed by atoms with van der Waals surface area (Å²) >= 11 is 0. The van der Waals surface area contributed by atoms with Crippen molar-refractivity contribution in [3.8, 4) is 0 Å². The van der Waals surface area contributed by atoms with Gasteiger partial charge in [0.05, 0.1) is 6.61 Å². The molecular weight excluding hydrogens is 216 g/mol. The molecule has 1 atom stereocenters. The van der Waals surface area contributed by atoms with Crippen molar-refractivity contribution in [3.05, 3.63) is 0 Å². The summed E-state index contributed by atoms with van der Waals surface area (Å²) in [4.78, 5) is 13.6. The van der Waals surface area contributed by atoms with Gasteiger partial charge < -0.3 is 15.0 Å². The van der Waals surface area contributed by atoms with Gasteiger partial charge in [-0.2, -0.15) is 0 Å². The Bertz CT molecular complexity index is 242. The molecule has 1 unspecified atom stereocenters. The van der Waals surface area contributed by atoms with Crippen molar-refractivity contribution in [1.82, 2.24) is 10.2 Å². The van der Waals surface area contributed by atoms with Crippen LogP contribution < -0.4 is 5.32 Å². The minimum atomic E-state index is -0.158. The van der Waals surface area contributed by atoms with Crippen LogP contribution in [0, 0.1) is 11.8 Å². The lowest BCUT2D eigenvalue weighted by molar-refractivity contribution is 0.0798. The van der Waals surface area contributed by atoms with Gasteiger partial charge in [-0.15, -0.1) is 0 Å². The Hall–Kier alpha value is -0.770. The van der Waals surface area contributed by atoms with E-state index in [4.69, 9.17) is 4.74 Å². The third-order valence-electron chi connectivity index (χ3n) is 2.81. The van der Waals surface area contributed by atoms with E-state index in [9.17, 15) is 4.79 Å². The second kappa shape index (κ2) is 6.84. The van der Waals surface area contributed by atoms with Gasteiger partial charge in [0.1, 0.15) is 0 Å². The predicted octanol–water partition coefficient (Wildman–Crippen LogP) is 2.10. The molecule has 1 saturated heterocycles. The van der Waals surface area contributed by atoms with Crippen molar-refractivity contribution in [2.45, 2.75) is 40.2 Å². The summed E-state index contributed by atoms with van der Waals surface area (Å²) in [6.45, 7) is 11.4.